The third-order valence-corrected chi connectivity index (χ3v) is 5.25. The van der Waals surface area contributed by atoms with Gasteiger partial charge in [0.2, 0.25) is 11.8 Å². The minimum atomic E-state index is -0.0657. The molecule has 0 unspecified atom stereocenters. The highest BCUT2D eigenvalue weighted by molar-refractivity contribution is 5.93. The summed E-state index contributed by atoms with van der Waals surface area (Å²) in [4.78, 5) is 24.6. The van der Waals surface area contributed by atoms with Gasteiger partial charge in [0.15, 0.2) is 0 Å². The Morgan fingerprint density at radius 3 is 1.41 bits per heavy atom. The van der Waals surface area contributed by atoms with Crippen molar-refractivity contribution >= 4 is 11.8 Å². The van der Waals surface area contributed by atoms with Crippen LogP contribution in [0.3, 0.4) is 0 Å². The second-order valence-electron chi connectivity index (χ2n) is 9.04. The Morgan fingerprint density at radius 1 is 0.541 bits per heavy atom. The van der Waals surface area contributed by atoms with Crippen molar-refractivity contribution < 1.29 is 9.59 Å². The van der Waals surface area contributed by atoms with Crippen molar-refractivity contribution in [1.29, 1.82) is 0 Å². The second kappa shape index (κ2) is 19.3. The molecule has 0 aromatic carbocycles. The van der Waals surface area contributed by atoms with Crippen LogP contribution in [0.5, 0.6) is 0 Å². The Hall–Kier alpha value is -3.92. The van der Waals surface area contributed by atoms with E-state index in [1.165, 1.54) is 0 Å². The van der Waals surface area contributed by atoms with Crippen molar-refractivity contribution in [2.45, 2.75) is 34.6 Å². The molecule has 0 spiro atoms. The lowest BCUT2D eigenvalue weighted by atomic mass is 10.1. The van der Waals surface area contributed by atoms with Crippen LogP contribution < -0.4 is 10.6 Å². The van der Waals surface area contributed by atoms with E-state index in [1.54, 1.807) is 13.0 Å². The summed E-state index contributed by atoms with van der Waals surface area (Å²) >= 11 is 0. The number of nitrogens with one attached hydrogen (secondary N) is 2. The van der Waals surface area contributed by atoms with Gasteiger partial charge in [-0.15, -0.1) is 0 Å². The molecular formula is C33H42N2O2. The van der Waals surface area contributed by atoms with E-state index in [0.717, 1.165) is 5.57 Å². The molecule has 0 fully saturated rings. The maximum absolute atomic E-state index is 12.4. The lowest BCUT2D eigenvalue weighted by molar-refractivity contribution is -0.118. The van der Waals surface area contributed by atoms with Gasteiger partial charge in [0.1, 0.15) is 0 Å². The first-order valence-electron chi connectivity index (χ1n) is 12.7. The van der Waals surface area contributed by atoms with Crippen LogP contribution in [-0.2, 0) is 9.59 Å². The van der Waals surface area contributed by atoms with E-state index in [1.807, 2.05) is 111 Å². The molecule has 2 N–H and O–H groups in total. The average Bonchev–Trinajstić information content (AvgIpc) is 2.87. The summed E-state index contributed by atoms with van der Waals surface area (Å²) in [5, 5.41) is 5.95. The molecule has 1 aliphatic rings. The van der Waals surface area contributed by atoms with Gasteiger partial charge in [-0.05, 0) is 32.6 Å². The van der Waals surface area contributed by atoms with Crippen molar-refractivity contribution in [2.75, 3.05) is 13.1 Å². The second-order valence-corrected chi connectivity index (χ2v) is 9.04. The van der Waals surface area contributed by atoms with E-state index in [9.17, 15) is 9.59 Å². The Morgan fingerprint density at radius 2 is 0.919 bits per heavy atom. The van der Waals surface area contributed by atoms with Crippen molar-refractivity contribution in [2.24, 2.45) is 11.8 Å². The molecule has 2 atom stereocenters. The predicted molar refractivity (Wildman–Crippen MR) is 159 cm³/mol. The number of amides is 2. The van der Waals surface area contributed by atoms with Crippen LogP contribution >= 0.6 is 0 Å². The van der Waals surface area contributed by atoms with E-state index in [-0.39, 0.29) is 23.7 Å². The minimum Gasteiger partial charge on any atom is -0.352 e. The van der Waals surface area contributed by atoms with Crippen LogP contribution in [0.15, 0.2) is 132 Å². The molecule has 0 aromatic rings. The molecule has 0 aliphatic carbocycles. The maximum Gasteiger partial charge on any atom is 0.246 e. The molecule has 196 valence electrons. The van der Waals surface area contributed by atoms with Crippen LogP contribution in [0.2, 0.25) is 0 Å². The Labute approximate surface area is 223 Å². The zero-order valence-corrected chi connectivity index (χ0v) is 22.9. The van der Waals surface area contributed by atoms with E-state index in [4.69, 9.17) is 0 Å². The first kappa shape index (κ1) is 31.1. The van der Waals surface area contributed by atoms with Gasteiger partial charge >= 0.3 is 0 Å². The van der Waals surface area contributed by atoms with E-state index in [2.05, 4.69) is 36.6 Å². The highest BCUT2D eigenvalue weighted by Crippen LogP contribution is 2.04. The summed E-state index contributed by atoms with van der Waals surface area (Å²) < 4.78 is 0. The number of hydrogen-bond acceptors (Lipinski definition) is 2. The van der Waals surface area contributed by atoms with E-state index >= 15 is 0 Å². The molecule has 1 heterocycles. The fourth-order valence-corrected chi connectivity index (χ4v) is 3.01. The lowest BCUT2D eigenvalue weighted by Gasteiger charge is -2.09. The van der Waals surface area contributed by atoms with Crippen molar-refractivity contribution in [3.8, 4) is 0 Å². The summed E-state index contributed by atoms with van der Waals surface area (Å²) in [5.41, 5.74) is 2.34. The molecule has 4 nitrogen and oxygen atoms in total. The fourth-order valence-electron chi connectivity index (χ4n) is 3.01. The quantitative estimate of drug-likeness (QED) is 0.386. The predicted octanol–water partition coefficient (Wildman–Crippen LogP) is 6.79. The van der Waals surface area contributed by atoms with Gasteiger partial charge in [-0.2, -0.15) is 0 Å². The smallest absolute Gasteiger partial charge is 0.246 e. The van der Waals surface area contributed by atoms with Gasteiger partial charge in [-0.1, -0.05) is 135 Å². The SMILES string of the molecule is CC1=C/C=C/C=C/C=C\C=C/[C@H](C)CNC(=O)/C(C)=C/C=C/C=C/C=C\C=C/[C@H](C)CNC(=O)C(C)=C1. The molecule has 0 aromatic heterocycles. The topological polar surface area (TPSA) is 58.2 Å². The van der Waals surface area contributed by atoms with Gasteiger partial charge < -0.3 is 10.6 Å². The van der Waals surface area contributed by atoms with Gasteiger partial charge in [-0.25, -0.2) is 0 Å². The fraction of sp³-hybridized carbons (Fsp3) is 0.273. The number of hydrogen-bond donors (Lipinski definition) is 2. The van der Waals surface area contributed by atoms with Crippen molar-refractivity contribution in [1.82, 2.24) is 10.6 Å². The summed E-state index contributed by atoms with van der Waals surface area (Å²) in [5.74, 6) is 0.309. The molecule has 37 heavy (non-hydrogen) atoms. The van der Waals surface area contributed by atoms with Gasteiger partial charge in [0.05, 0.1) is 0 Å². The summed E-state index contributed by atoms with van der Waals surface area (Å²) in [6.07, 6.45) is 36.9. The van der Waals surface area contributed by atoms with Crippen molar-refractivity contribution in [3.63, 3.8) is 0 Å². The zero-order chi connectivity index (χ0) is 27.3. The summed E-state index contributed by atoms with van der Waals surface area (Å²) in [7, 11) is 0. The molecule has 4 heteroatoms. The molecule has 0 radical (unpaired) electrons. The first-order chi connectivity index (χ1) is 17.8. The first-order valence-corrected chi connectivity index (χ1v) is 12.7. The number of rotatable bonds is 0. The average molecular weight is 499 g/mol. The van der Waals surface area contributed by atoms with Crippen LogP contribution in [0.25, 0.3) is 0 Å². The molecule has 1 aliphatic heterocycles. The van der Waals surface area contributed by atoms with Crippen LogP contribution in [0.1, 0.15) is 34.6 Å². The highest BCUT2D eigenvalue weighted by atomic mass is 16.2. The van der Waals surface area contributed by atoms with Crippen LogP contribution in [-0.4, -0.2) is 24.9 Å². The van der Waals surface area contributed by atoms with Gasteiger partial charge in [0.25, 0.3) is 0 Å². The number of carbonyl (C=O) groups is 2. The Kier molecular flexibility index (Phi) is 16.2. The van der Waals surface area contributed by atoms with Crippen LogP contribution in [0.4, 0.5) is 0 Å². The third kappa shape index (κ3) is 16.4. The zero-order valence-electron chi connectivity index (χ0n) is 22.9. The molecule has 0 bridgehead atoms. The normalized spacial score (nSPS) is 29.9. The lowest BCUT2D eigenvalue weighted by Crippen LogP contribution is -2.28. The standard InChI is InChI=1S/C33H42N2O2/c1-27-20-16-12-8-6-9-13-17-21-28(2)25-34-32(36)30(4)23-19-15-11-7-10-14-18-22-29(3)26-35-33(37)31(5)24-27/h6-24,28-29H,25-26H2,1-5H3,(H,34,36)(H,35,37)/b8-6+,11-7+,13-9-,14-10-,16-12+,19-15+,21-17-,22-18-,27-20?,30-23+,31-24?/t28-,29-/m0/s1. The third-order valence-electron chi connectivity index (χ3n) is 5.25. The molecule has 0 saturated heterocycles. The maximum atomic E-state index is 12.4. The van der Waals surface area contributed by atoms with E-state index < -0.39 is 0 Å². The van der Waals surface area contributed by atoms with Crippen molar-refractivity contribution in [3.05, 3.63) is 132 Å². The Bertz CT molecular complexity index is 1070. The Balaban J connectivity index is 2.92. The molecule has 1 rings (SSSR count). The van der Waals surface area contributed by atoms with Gasteiger partial charge in [-0.3, -0.25) is 9.59 Å². The minimum absolute atomic E-state index is 0.0592. The number of carbonyl (C=O) groups excluding carboxylic acids is 2. The monoisotopic (exact) mass is 498 g/mol. The van der Waals surface area contributed by atoms with E-state index in [0.29, 0.717) is 24.2 Å². The largest absolute Gasteiger partial charge is 0.352 e. The highest BCUT2D eigenvalue weighted by Gasteiger charge is 2.05. The molecule has 2 amide bonds. The summed E-state index contributed by atoms with van der Waals surface area (Å²) in [6.45, 7) is 10.9. The van der Waals surface area contributed by atoms with Gasteiger partial charge in [0, 0.05) is 24.2 Å². The summed E-state index contributed by atoms with van der Waals surface area (Å²) in [6, 6.07) is 0. The number of allylic oxidation sites excluding steroid dienone is 18. The molecule has 0 saturated carbocycles. The van der Waals surface area contributed by atoms with Crippen LogP contribution in [0, 0.1) is 11.8 Å². The molecular weight excluding hydrogens is 456 g/mol.